The van der Waals surface area contributed by atoms with Crippen molar-refractivity contribution in [3.8, 4) is 11.5 Å². The van der Waals surface area contributed by atoms with Gasteiger partial charge in [0.1, 0.15) is 11.5 Å². The highest BCUT2D eigenvalue weighted by molar-refractivity contribution is 6.30. The molecule has 0 saturated carbocycles. The van der Waals surface area contributed by atoms with Gasteiger partial charge in [-0.05, 0) is 44.2 Å². The maximum atomic E-state index is 11.9. The molecular weight excluding hydrogens is 302 g/mol. The van der Waals surface area contributed by atoms with Gasteiger partial charge in [0.15, 0.2) is 6.61 Å². The second-order valence-corrected chi connectivity index (χ2v) is 5.43. The Balaban J connectivity index is 1.89. The number of hydrogen-bond donors (Lipinski definition) is 1. The Bertz CT molecular complexity index is 643. The molecule has 0 aliphatic heterocycles. The lowest BCUT2D eigenvalue weighted by Crippen LogP contribution is -2.20. The molecule has 2 aromatic carbocycles. The molecule has 1 amide bonds. The Labute approximate surface area is 135 Å². The third kappa shape index (κ3) is 5.30. The van der Waals surface area contributed by atoms with Crippen LogP contribution < -0.4 is 14.8 Å². The van der Waals surface area contributed by atoms with Crippen molar-refractivity contribution in [3.63, 3.8) is 0 Å². The van der Waals surface area contributed by atoms with E-state index in [-0.39, 0.29) is 18.6 Å². The molecule has 0 unspecified atom stereocenters. The average Bonchev–Trinajstić information content (AvgIpc) is 2.45. The first-order chi connectivity index (χ1) is 10.5. The van der Waals surface area contributed by atoms with Crippen LogP contribution in [0.3, 0.4) is 0 Å². The van der Waals surface area contributed by atoms with E-state index < -0.39 is 0 Å². The fourth-order valence-electron chi connectivity index (χ4n) is 1.82. The summed E-state index contributed by atoms with van der Waals surface area (Å²) in [7, 11) is 0. The van der Waals surface area contributed by atoms with Crippen molar-refractivity contribution in [3.05, 3.63) is 53.6 Å². The van der Waals surface area contributed by atoms with Gasteiger partial charge in [0.05, 0.1) is 6.10 Å². The fraction of sp³-hybridized carbons (Fsp3) is 0.235. The van der Waals surface area contributed by atoms with E-state index in [1.807, 2.05) is 26.0 Å². The number of halogens is 1. The SMILES string of the molecule is CC(C)Oc1cccc(NC(=O)COc2cccc(Cl)c2)c1. The molecule has 2 rings (SSSR count). The molecule has 22 heavy (non-hydrogen) atoms. The van der Waals surface area contributed by atoms with Crippen molar-refractivity contribution in [2.45, 2.75) is 20.0 Å². The van der Waals surface area contributed by atoms with Crippen LogP contribution in [-0.2, 0) is 4.79 Å². The predicted molar refractivity (Wildman–Crippen MR) is 87.8 cm³/mol. The monoisotopic (exact) mass is 319 g/mol. The van der Waals surface area contributed by atoms with Crippen LogP contribution in [-0.4, -0.2) is 18.6 Å². The number of amides is 1. The van der Waals surface area contributed by atoms with Gasteiger partial charge in [-0.15, -0.1) is 0 Å². The molecule has 0 fully saturated rings. The van der Waals surface area contributed by atoms with Gasteiger partial charge in [0.25, 0.3) is 5.91 Å². The zero-order valence-electron chi connectivity index (χ0n) is 12.5. The lowest BCUT2D eigenvalue weighted by atomic mass is 10.3. The molecule has 116 valence electrons. The highest BCUT2D eigenvalue weighted by atomic mass is 35.5. The summed E-state index contributed by atoms with van der Waals surface area (Å²) in [5, 5.41) is 3.33. The van der Waals surface area contributed by atoms with Crippen molar-refractivity contribution in [1.82, 2.24) is 0 Å². The Morgan fingerprint density at radius 3 is 2.59 bits per heavy atom. The van der Waals surface area contributed by atoms with Gasteiger partial charge in [0, 0.05) is 16.8 Å². The maximum Gasteiger partial charge on any atom is 0.262 e. The summed E-state index contributed by atoms with van der Waals surface area (Å²) < 4.78 is 11.0. The third-order valence-electron chi connectivity index (χ3n) is 2.66. The first-order valence-corrected chi connectivity index (χ1v) is 7.35. The van der Waals surface area contributed by atoms with Crippen molar-refractivity contribution in [2.75, 3.05) is 11.9 Å². The minimum atomic E-state index is -0.248. The summed E-state index contributed by atoms with van der Waals surface area (Å²) in [6.07, 6.45) is 0.0807. The number of ether oxygens (including phenoxy) is 2. The van der Waals surface area contributed by atoms with Crippen LogP contribution in [0.1, 0.15) is 13.8 Å². The van der Waals surface area contributed by atoms with Crippen LogP contribution in [0.5, 0.6) is 11.5 Å². The number of carbonyl (C=O) groups is 1. The quantitative estimate of drug-likeness (QED) is 0.870. The van der Waals surface area contributed by atoms with E-state index in [1.54, 1.807) is 36.4 Å². The molecule has 0 heterocycles. The van der Waals surface area contributed by atoms with E-state index in [1.165, 1.54) is 0 Å². The van der Waals surface area contributed by atoms with Crippen LogP contribution in [0, 0.1) is 0 Å². The number of rotatable bonds is 6. The molecule has 0 radical (unpaired) electrons. The molecule has 0 bridgehead atoms. The first-order valence-electron chi connectivity index (χ1n) is 6.98. The summed E-state index contributed by atoms with van der Waals surface area (Å²) >= 11 is 5.85. The summed E-state index contributed by atoms with van der Waals surface area (Å²) in [4.78, 5) is 11.9. The molecule has 2 aromatic rings. The van der Waals surface area contributed by atoms with Crippen LogP contribution >= 0.6 is 11.6 Å². The number of anilines is 1. The highest BCUT2D eigenvalue weighted by Crippen LogP contribution is 2.19. The lowest BCUT2D eigenvalue weighted by molar-refractivity contribution is -0.118. The molecular formula is C17H18ClNO3. The van der Waals surface area contributed by atoms with E-state index in [0.29, 0.717) is 22.2 Å². The van der Waals surface area contributed by atoms with Gasteiger partial charge in [-0.3, -0.25) is 4.79 Å². The zero-order valence-corrected chi connectivity index (χ0v) is 13.3. The van der Waals surface area contributed by atoms with Crippen LogP contribution in [0.25, 0.3) is 0 Å². The maximum absolute atomic E-state index is 11.9. The Hall–Kier alpha value is -2.20. The van der Waals surface area contributed by atoms with Gasteiger partial charge in [-0.25, -0.2) is 0 Å². The molecule has 0 spiro atoms. The number of nitrogens with one attached hydrogen (secondary N) is 1. The topological polar surface area (TPSA) is 47.6 Å². The molecule has 4 nitrogen and oxygen atoms in total. The number of hydrogen-bond acceptors (Lipinski definition) is 3. The van der Waals surface area contributed by atoms with E-state index >= 15 is 0 Å². The van der Waals surface area contributed by atoms with E-state index in [0.717, 1.165) is 0 Å². The van der Waals surface area contributed by atoms with Crippen LogP contribution in [0.15, 0.2) is 48.5 Å². The smallest absolute Gasteiger partial charge is 0.262 e. The molecule has 0 saturated heterocycles. The highest BCUT2D eigenvalue weighted by Gasteiger charge is 2.06. The molecule has 0 aromatic heterocycles. The van der Waals surface area contributed by atoms with Crippen LogP contribution in [0.2, 0.25) is 5.02 Å². The van der Waals surface area contributed by atoms with Gasteiger partial charge in [0.2, 0.25) is 0 Å². The number of benzene rings is 2. The van der Waals surface area contributed by atoms with Crippen molar-refractivity contribution in [2.24, 2.45) is 0 Å². The second kappa shape index (κ2) is 7.71. The Kier molecular flexibility index (Phi) is 5.67. The Morgan fingerprint density at radius 2 is 1.86 bits per heavy atom. The normalized spacial score (nSPS) is 10.4. The van der Waals surface area contributed by atoms with Gasteiger partial charge in [-0.2, -0.15) is 0 Å². The molecule has 0 aliphatic rings. The predicted octanol–water partition coefficient (Wildman–Crippen LogP) is 4.14. The Morgan fingerprint density at radius 1 is 1.14 bits per heavy atom. The minimum Gasteiger partial charge on any atom is -0.491 e. The van der Waals surface area contributed by atoms with Crippen molar-refractivity contribution in [1.29, 1.82) is 0 Å². The van der Waals surface area contributed by atoms with E-state index in [4.69, 9.17) is 21.1 Å². The average molecular weight is 320 g/mol. The van der Waals surface area contributed by atoms with Crippen molar-refractivity contribution < 1.29 is 14.3 Å². The molecule has 5 heteroatoms. The summed E-state index contributed by atoms with van der Waals surface area (Å²) in [6, 6.07) is 14.2. The molecule has 0 aliphatic carbocycles. The molecule has 0 atom stereocenters. The summed E-state index contributed by atoms with van der Waals surface area (Å²) in [5.74, 6) is 1.02. The zero-order chi connectivity index (χ0) is 15.9. The lowest BCUT2D eigenvalue weighted by Gasteiger charge is -2.12. The summed E-state index contributed by atoms with van der Waals surface area (Å²) in [5.41, 5.74) is 0.665. The van der Waals surface area contributed by atoms with E-state index in [2.05, 4.69) is 5.32 Å². The van der Waals surface area contributed by atoms with Crippen LogP contribution in [0.4, 0.5) is 5.69 Å². The fourth-order valence-corrected chi connectivity index (χ4v) is 2.00. The largest absolute Gasteiger partial charge is 0.491 e. The second-order valence-electron chi connectivity index (χ2n) is 4.99. The summed E-state index contributed by atoms with van der Waals surface area (Å²) in [6.45, 7) is 3.81. The first kappa shape index (κ1) is 16.2. The van der Waals surface area contributed by atoms with Gasteiger partial charge >= 0.3 is 0 Å². The standard InChI is InChI=1S/C17H18ClNO3/c1-12(2)22-16-8-4-6-14(10-16)19-17(20)11-21-15-7-3-5-13(18)9-15/h3-10,12H,11H2,1-2H3,(H,19,20). The third-order valence-corrected chi connectivity index (χ3v) is 2.89. The number of carbonyl (C=O) groups excluding carboxylic acids is 1. The van der Waals surface area contributed by atoms with Gasteiger partial charge in [-0.1, -0.05) is 23.7 Å². The molecule has 1 N–H and O–H groups in total. The van der Waals surface area contributed by atoms with E-state index in [9.17, 15) is 4.79 Å². The van der Waals surface area contributed by atoms with Crippen molar-refractivity contribution >= 4 is 23.2 Å². The minimum absolute atomic E-state index is 0.0807. The van der Waals surface area contributed by atoms with Gasteiger partial charge < -0.3 is 14.8 Å².